The van der Waals surface area contributed by atoms with Gasteiger partial charge in [0.05, 0.1) is 0 Å². The van der Waals surface area contributed by atoms with Crippen molar-refractivity contribution in [1.29, 1.82) is 0 Å². The number of aryl methyl sites for hydroxylation is 1. The molecule has 0 aliphatic carbocycles. The van der Waals surface area contributed by atoms with Crippen LogP contribution in [0.3, 0.4) is 0 Å². The molecule has 192 valence electrons. The third-order valence-electron chi connectivity index (χ3n) is 6.12. The minimum absolute atomic E-state index is 0.0185. The van der Waals surface area contributed by atoms with E-state index >= 15 is 0 Å². The van der Waals surface area contributed by atoms with Gasteiger partial charge >= 0.3 is 37.9 Å². The molecule has 0 radical (unpaired) electrons. The van der Waals surface area contributed by atoms with Crippen LogP contribution in [-0.2, 0) is 20.8 Å². The summed E-state index contributed by atoms with van der Waals surface area (Å²) in [4.78, 5) is 0. The van der Waals surface area contributed by atoms with E-state index in [4.69, 9.17) is 17.0 Å². The summed E-state index contributed by atoms with van der Waals surface area (Å²) < 4.78 is 0. The van der Waals surface area contributed by atoms with E-state index in [1.807, 2.05) is 0 Å². The van der Waals surface area contributed by atoms with Crippen molar-refractivity contribution in [2.45, 2.75) is 34.6 Å². The van der Waals surface area contributed by atoms with Gasteiger partial charge in [0, 0.05) is 0 Å². The zero-order valence-corrected chi connectivity index (χ0v) is 27.4. The Kier molecular flexibility index (Phi) is 12.6. The van der Waals surface area contributed by atoms with E-state index in [1.54, 1.807) is 5.30 Å². The van der Waals surface area contributed by atoms with Crippen LogP contribution in [0.1, 0.15) is 33.3 Å². The van der Waals surface area contributed by atoms with Crippen LogP contribution in [0, 0.1) is 18.8 Å². The Labute approximate surface area is 243 Å². The predicted molar refractivity (Wildman–Crippen MR) is 167 cm³/mol. The third kappa shape index (κ3) is 9.18. The van der Waals surface area contributed by atoms with Crippen LogP contribution >= 0.6 is 24.9 Å². The minimum atomic E-state index is -0.826. The molecular formula is C33H37Cl2PZr. The summed E-state index contributed by atoms with van der Waals surface area (Å²) in [5, 5.41) is 7.11. The van der Waals surface area contributed by atoms with Gasteiger partial charge in [-0.2, -0.15) is 12.1 Å². The van der Waals surface area contributed by atoms with Crippen LogP contribution in [0.2, 0.25) is 0 Å². The Bertz CT molecular complexity index is 1310. The summed E-state index contributed by atoms with van der Waals surface area (Å²) in [5.41, 5.74) is 3.95. The summed E-state index contributed by atoms with van der Waals surface area (Å²) in [7, 11) is 9.89. The maximum absolute atomic E-state index is 4.93. The van der Waals surface area contributed by atoms with Crippen molar-refractivity contribution in [3.05, 3.63) is 103 Å². The molecule has 4 heteroatoms. The van der Waals surface area contributed by atoms with Gasteiger partial charge in [0.15, 0.2) is 0 Å². The van der Waals surface area contributed by atoms with Gasteiger partial charge in [0.25, 0.3) is 0 Å². The number of hydrogen-bond acceptors (Lipinski definition) is 0. The Balaban J connectivity index is 0.000000187. The van der Waals surface area contributed by atoms with Crippen LogP contribution in [0.4, 0.5) is 0 Å². The van der Waals surface area contributed by atoms with E-state index in [1.165, 1.54) is 50.6 Å². The van der Waals surface area contributed by atoms with Crippen LogP contribution in [0.25, 0.3) is 32.7 Å². The number of rotatable bonds is 6. The van der Waals surface area contributed by atoms with Gasteiger partial charge in [0.1, 0.15) is 0 Å². The molecule has 0 saturated heterocycles. The summed E-state index contributed by atoms with van der Waals surface area (Å²) >= 11 is -0.826. The van der Waals surface area contributed by atoms with Gasteiger partial charge < -0.3 is 0 Å². The number of hydrogen-bond donors (Lipinski definition) is 0. The Morgan fingerprint density at radius 3 is 1.95 bits per heavy atom. The molecule has 0 atom stereocenters. The molecule has 37 heavy (non-hydrogen) atoms. The molecule has 0 saturated carbocycles. The monoisotopic (exact) mass is 624 g/mol. The second-order valence-corrected chi connectivity index (χ2v) is 16.4. The molecule has 0 aliphatic heterocycles. The van der Waals surface area contributed by atoms with E-state index in [2.05, 4.69) is 132 Å². The first-order chi connectivity index (χ1) is 17.8. The van der Waals surface area contributed by atoms with Gasteiger partial charge in [-0.25, -0.2) is 0 Å². The Morgan fingerprint density at radius 2 is 1.32 bits per heavy atom. The Hall–Kier alpha value is -1.23. The fourth-order valence-electron chi connectivity index (χ4n) is 4.74. The summed E-state index contributed by atoms with van der Waals surface area (Å²) in [6, 6.07) is 35.1. The van der Waals surface area contributed by atoms with Gasteiger partial charge in [-0.15, -0.1) is 74.9 Å². The molecular weight excluding hydrogens is 589 g/mol. The van der Waals surface area contributed by atoms with Crippen molar-refractivity contribution in [2.24, 2.45) is 11.8 Å². The number of benzene rings is 3. The quantitative estimate of drug-likeness (QED) is 0.130. The summed E-state index contributed by atoms with van der Waals surface area (Å²) in [6.45, 7) is 11.5. The van der Waals surface area contributed by atoms with Crippen LogP contribution in [-0.4, -0.2) is 12.3 Å². The molecule has 0 unspecified atom stereocenters. The molecule has 5 aromatic carbocycles. The normalized spacial score (nSPS) is 10.9. The van der Waals surface area contributed by atoms with E-state index in [9.17, 15) is 0 Å². The molecule has 0 heterocycles. The van der Waals surface area contributed by atoms with Crippen LogP contribution in [0.5, 0.6) is 0 Å². The van der Waals surface area contributed by atoms with Gasteiger partial charge in [-0.3, -0.25) is 0 Å². The third-order valence-corrected chi connectivity index (χ3v) is 9.45. The SMILES string of the molecule is CC(C)CP(CC(C)C)c1cc2ccccc2[cH-]1.Cc1cc2c(-c3ccccc3)cccc2[cH-]1.[Cl][Zr+2][Cl]. The van der Waals surface area contributed by atoms with E-state index < -0.39 is 20.8 Å². The fraction of sp³-hybridized carbons (Fsp3) is 0.273. The molecule has 0 amide bonds. The molecule has 0 aromatic heterocycles. The second-order valence-electron chi connectivity index (χ2n) is 10.3. The van der Waals surface area contributed by atoms with Crippen molar-refractivity contribution in [3.63, 3.8) is 0 Å². The first-order valence-electron chi connectivity index (χ1n) is 12.9. The van der Waals surface area contributed by atoms with Crippen molar-refractivity contribution >= 4 is 51.8 Å². The standard InChI is InChI=1S/C17H24P.C16H13.2ClH.Zr/c1-13(2)11-18(12-14(3)4)17-9-15-7-5-6-8-16(15)10-17;1-12-10-14-8-5-9-15(16(14)11-12)13-6-3-2-4-7-13;;;/h5-10,13-14H,11-12H2,1-4H3;2-11H,1H3;2*1H;/q2*-1;;;+4/p-2. The molecule has 0 aliphatic rings. The second kappa shape index (κ2) is 15.4. The summed E-state index contributed by atoms with van der Waals surface area (Å²) in [5.74, 6) is 1.60. The molecule has 0 spiro atoms. The van der Waals surface area contributed by atoms with E-state index in [0.717, 1.165) is 11.8 Å². The van der Waals surface area contributed by atoms with Gasteiger partial charge in [-0.05, 0) is 29.7 Å². The van der Waals surface area contributed by atoms with Gasteiger partial charge in [0.2, 0.25) is 0 Å². The van der Waals surface area contributed by atoms with Crippen molar-refractivity contribution in [1.82, 2.24) is 0 Å². The zero-order valence-electron chi connectivity index (χ0n) is 22.5. The first-order valence-corrected chi connectivity index (χ1v) is 20.9. The Morgan fingerprint density at radius 1 is 0.730 bits per heavy atom. The molecule has 0 fully saturated rings. The number of fused-ring (bicyclic) bond motifs is 2. The average Bonchev–Trinajstić information content (AvgIpc) is 3.47. The zero-order chi connectivity index (χ0) is 26.8. The summed E-state index contributed by atoms with van der Waals surface area (Å²) in [6.07, 6.45) is 2.73. The predicted octanol–water partition coefficient (Wildman–Crippen LogP) is 10.9. The number of halogens is 2. The molecule has 0 nitrogen and oxygen atoms in total. The van der Waals surface area contributed by atoms with E-state index in [0.29, 0.717) is 0 Å². The first kappa shape index (κ1) is 30.3. The van der Waals surface area contributed by atoms with E-state index in [-0.39, 0.29) is 7.92 Å². The van der Waals surface area contributed by atoms with Crippen LogP contribution in [0.15, 0.2) is 97.1 Å². The molecule has 5 rings (SSSR count). The molecule has 0 bridgehead atoms. The van der Waals surface area contributed by atoms with Crippen molar-refractivity contribution < 1.29 is 20.8 Å². The average molecular weight is 627 g/mol. The van der Waals surface area contributed by atoms with Crippen LogP contribution < -0.4 is 5.30 Å². The van der Waals surface area contributed by atoms with Crippen molar-refractivity contribution in [2.75, 3.05) is 12.3 Å². The topological polar surface area (TPSA) is 0 Å². The molecule has 5 aromatic rings. The molecule has 0 N–H and O–H groups in total. The van der Waals surface area contributed by atoms with Gasteiger partial charge in [-0.1, -0.05) is 90.6 Å². The fourth-order valence-corrected chi connectivity index (χ4v) is 7.71. The maximum atomic E-state index is 4.93. The van der Waals surface area contributed by atoms with Crippen molar-refractivity contribution in [3.8, 4) is 11.1 Å².